The van der Waals surface area contributed by atoms with Crippen LogP contribution in [0.4, 0.5) is 11.4 Å². The predicted molar refractivity (Wildman–Crippen MR) is 107 cm³/mol. The van der Waals surface area contributed by atoms with Gasteiger partial charge in [-0.3, -0.25) is 4.55 Å². The quantitative estimate of drug-likeness (QED) is 0.413. The number of hydrogen-bond donors (Lipinski definition) is 3. The van der Waals surface area contributed by atoms with Gasteiger partial charge in [0.15, 0.2) is 5.75 Å². The summed E-state index contributed by atoms with van der Waals surface area (Å²) in [6.45, 7) is 4.91. The maximum Gasteiger partial charge on any atom is 0.337 e. The lowest BCUT2D eigenvalue weighted by atomic mass is 10.0. The molecule has 9 heteroatoms. The Hall–Kier alpha value is -3.30. The Balaban J connectivity index is 2.23. The number of rotatable bonds is 4. The van der Waals surface area contributed by atoms with E-state index in [2.05, 4.69) is 10.2 Å². The van der Waals surface area contributed by atoms with Gasteiger partial charge in [-0.15, -0.1) is 10.2 Å². The molecular formula is C20H18N2O6S. The summed E-state index contributed by atoms with van der Waals surface area (Å²) in [5.74, 6) is -1.48. The highest BCUT2D eigenvalue weighted by molar-refractivity contribution is 7.86. The second-order valence-electron chi connectivity index (χ2n) is 6.70. The fraction of sp³-hybridized carbons (Fsp3) is 0.150. The lowest BCUT2D eigenvalue weighted by Crippen LogP contribution is -2.02. The Morgan fingerprint density at radius 1 is 0.931 bits per heavy atom. The van der Waals surface area contributed by atoms with E-state index in [1.54, 1.807) is 26.0 Å². The highest BCUT2D eigenvalue weighted by Gasteiger charge is 2.21. The molecule has 3 N–H and O–H groups in total. The van der Waals surface area contributed by atoms with Crippen LogP contribution in [0.3, 0.4) is 0 Å². The van der Waals surface area contributed by atoms with Crippen LogP contribution in [0, 0.1) is 20.8 Å². The van der Waals surface area contributed by atoms with Crippen LogP contribution >= 0.6 is 0 Å². The average Bonchev–Trinajstić information content (AvgIpc) is 2.59. The molecule has 0 atom stereocenters. The molecule has 0 unspecified atom stereocenters. The molecule has 0 aromatic heterocycles. The molecule has 0 saturated heterocycles. The van der Waals surface area contributed by atoms with Crippen LogP contribution in [0.15, 0.2) is 51.5 Å². The number of carboxylic acids is 1. The molecule has 0 aliphatic carbocycles. The van der Waals surface area contributed by atoms with Crippen LogP contribution in [0.1, 0.15) is 27.0 Å². The molecule has 0 saturated carbocycles. The smallest absolute Gasteiger partial charge is 0.337 e. The van der Waals surface area contributed by atoms with Crippen molar-refractivity contribution >= 4 is 38.2 Å². The molecule has 0 aliphatic rings. The number of nitrogens with zero attached hydrogens (tertiary/aromatic N) is 2. The van der Waals surface area contributed by atoms with E-state index in [0.29, 0.717) is 11.1 Å². The van der Waals surface area contributed by atoms with Crippen molar-refractivity contribution in [3.05, 3.63) is 58.7 Å². The third kappa shape index (κ3) is 3.82. The first kappa shape index (κ1) is 20.4. The van der Waals surface area contributed by atoms with Crippen molar-refractivity contribution in [3.63, 3.8) is 0 Å². The number of aromatic hydroxyl groups is 1. The largest absolute Gasteiger partial charge is 0.505 e. The summed E-state index contributed by atoms with van der Waals surface area (Å²) < 4.78 is 33.2. The average molecular weight is 414 g/mol. The molecule has 3 aromatic carbocycles. The standard InChI is InChI=1S/C20H18N2O6S/c1-10-4-6-14(20(24)25)16(8-10)21-22-17-12(3)9-15-13(18(17)23)7-5-11(2)19(15)29(26,27)28/h4-9,23H,1-3H3,(H,24,25)(H,26,27,28). The van der Waals surface area contributed by atoms with Gasteiger partial charge >= 0.3 is 5.97 Å². The number of azo groups is 1. The van der Waals surface area contributed by atoms with E-state index in [-0.39, 0.29) is 38.4 Å². The van der Waals surface area contributed by atoms with Crippen molar-refractivity contribution in [2.75, 3.05) is 0 Å². The lowest BCUT2D eigenvalue weighted by molar-refractivity contribution is 0.0697. The number of phenols is 1. The summed E-state index contributed by atoms with van der Waals surface area (Å²) >= 11 is 0. The van der Waals surface area contributed by atoms with E-state index in [9.17, 15) is 28.0 Å². The van der Waals surface area contributed by atoms with Gasteiger partial charge in [0.05, 0.1) is 5.56 Å². The van der Waals surface area contributed by atoms with Crippen LogP contribution in [0.25, 0.3) is 10.8 Å². The van der Waals surface area contributed by atoms with Gasteiger partial charge in [-0.2, -0.15) is 8.42 Å². The Morgan fingerprint density at radius 3 is 2.24 bits per heavy atom. The van der Waals surface area contributed by atoms with Gasteiger partial charge in [-0.05, 0) is 55.7 Å². The van der Waals surface area contributed by atoms with Gasteiger partial charge in [0.25, 0.3) is 10.1 Å². The van der Waals surface area contributed by atoms with E-state index in [4.69, 9.17) is 0 Å². The van der Waals surface area contributed by atoms with Crippen molar-refractivity contribution < 1.29 is 28.0 Å². The summed E-state index contributed by atoms with van der Waals surface area (Å²) in [6.07, 6.45) is 0. The normalized spacial score (nSPS) is 12.0. The number of fused-ring (bicyclic) bond motifs is 1. The van der Waals surface area contributed by atoms with Crippen LogP contribution in [0.2, 0.25) is 0 Å². The molecule has 29 heavy (non-hydrogen) atoms. The molecule has 0 fully saturated rings. The van der Waals surface area contributed by atoms with Crippen molar-refractivity contribution in [2.24, 2.45) is 10.2 Å². The van der Waals surface area contributed by atoms with Crippen LogP contribution in [0.5, 0.6) is 5.75 Å². The zero-order valence-corrected chi connectivity index (χ0v) is 16.6. The van der Waals surface area contributed by atoms with Crippen molar-refractivity contribution in [1.29, 1.82) is 0 Å². The maximum atomic E-state index is 11.8. The highest BCUT2D eigenvalue weighted by atomic mass is 32.2. The maximum absolute atomic E-state index is 11.8. The Morgan fingerprint density at radius 2 is 1.62 bits per heavy atom. The summed E-state index contributed by atoms with van der Waals surface area (Å²) in [5.41, 5.74) is 1.68. The number of hydrogen-bond acceptors (Lipinski definition) is 6. The molecule has 3 aromatic rings. The Labute approximate surface area is 166 Å². The summed E-state index contributed by atoms with van der Waals surface area (Å²) in [4.78, 5) is 11.1. The first-order valence-corrected chi connectivity index (χ1v) is 9.93. The van der Waals surface area contributed by atoms with Crippen molar-refractivity contribution in [1.82, 2.24) is 0 Å². The number of carboxylic acid groups (broad SMARTS) is 1. The summed E-state index contributed by atoms with van der Waals surface area (Å²) in [7, 11) is -4.51. The number of benzene rings is 3. The second-order valence-corrected chi connectivity index (χ2v) is 8.06. The Bertz CT molecular complexity index is 1300. The first-order chi connectivity index (χ1) is 13.5. The lowest BCUT2D eigenvalue weighted by Gasteiger charge is -2.12. The summed E-state index contributed by atoms with van der Waals surface area (Å²) in [6, 6.07) is 9.07. The van der Waals surface area contributed by atoms with Gasteiger partial charge in [-0.25, -0.2) is 4.79 Å². The predicted octanol–water partition coefficient (Wildman–Crippen LogP) is 4.83. The van der Waals surface area contributed by atoms with Gasteiger partial charge in [-0.1, -0.05) is 18.2 Å². The fourth-order valence-electron chi connectivity index (χ4n) is 3.14. The van der Waals surface area contributed by atoms with Gasteiger partial charge < -0.3 is 10.2 Å². The van der Waals surface area contributed by atoms with Crippen molar-refractivity contribution in [2.45, 2.75) is 25.7 Å². The summed E-state index contributed by atoms with van der Waals surface area (Å²) in [5, 5.41) is 28.3. The number of aromatic carboxylic acids is 1. The topological polar surface area (TPSA) is 137 Å². The molecule has 0 bridgehead atoms. The van der Waals surface area contributed by atoms with Crippen LogP contribution in [-0.2, 0) is 10.1 Å². The SMILES string of the molecule is Cc1ccc(C(=O)O)c(N=Nc2c(C)cc3c(S(=O)(=O)O)c(C)ccc3c2O)c1. The zero-order valence-electron chi connectivity index (χ0n) is 15.8. The monoisotopic (exact) mass is 414 g/mol. The van der Waals surface area contributed by atoms with Crippen LogP contribution in [-0.4, -0.2) is 29.2 Å². The second kappa shape index (κ2) is 7.26. The molecule has 0 heterocycles. The third-order valence-corrected chi connectivity index (χ3v) is 5.56. The van der Waals surface area contributed by atoms with Gasteiger partial charge in [0, 0.05) is 10.8 Å². The van der Waals surface area contributed by atoms with Crippen LogP contribution < -0.4 is 0 Å². The van der Waals surface area contributed by atoms with Gasteiger partial charge in [0.2, 0.25) is 0 Å². The molecule has 0 aliphatic heterocycles. The molecule has 0 spiro atoms. The van der Waals surface area contributed by atoms with E-state index in [1.807, 2.05) is 0 Å². The minimum atomic E-state index is -4.51. The molecule has 0 amide bonds. The number of carbonyl (C=O) groups is 1. The first-order valence-electron chi connectivity index (χ1n) is 8.49. The van der Waals surface area contributed by atoms with E-state index in [0.717, 1.165) is 5.56 Å². The highest BCUT2D eigenvalue weighted by Crippen LogP contribution is 2.41. The Kier molecular flexibility index (Phi) is 5.12. The van der Waals surface area contributed by atoms with Gasteiger partial charge in [0.1, 0.15) is 16.3 Å². The third-order valence-electron chi connectivity index (χ3n) is 4.51. The minimum Gasteiger partial charge on any atom is -0.505 e. The van der Waals surface area contributed by atoms with E-state index < -0.39 is 16.1 Å². The molecular weight excluding hydrogens is 396 g/mol. The molecule has 3 rings (SSSR count). The zero-order chi connectivity index (χ0) is 21.5. The molecule has 8 nitrogen and oxygen atoms in total. The number of phenolic OH excluding ortho intramolecular Hbond substituents is 1. The van der Waals surface area contributed by atoms with E-state index >= 15 is 0 Å². The minimum absolute atomic E-state index is 0.0402. The molecule has 150 valence electrons. The van der Waals surface area contributed by atoms with Crippen molar-refractivity contribution in [3.8, 4) is 5.75 Å². The molecule has 0 radical (unpaired) electrons. The van der Waals surface area contributed by atoms with E-state index in [1.165, 1.54) is 31.2 Å². The fourth-order valence-corrected chi connectivity index (χ4v) is 4.06. The number of aryl methyl sites for hydroxylation is 3.